The summed E-state index contributed by atoms with van der Waals surface area (Å²) in [6.07, 6.45) is 20.6. The number of hydrogen-bond acceptors (Lipinski definition) is 6. The summed E-state index contributed by atoms with van der Waals surface area (Å²) < 4.78 is 11.2. The van der Waals surface area contributed by atoms with Crippen LogP contribution in [0.2, 0.25) is 0 Å². The molecule has 0 N–H and O–H groups in total. The molecule has 0 saturated heterocycles. The lowest BCUT2D eigenvalue weighted by Gasteiger charge is -2.22. The molecule has 0 spiro atoms. The van der Waals surface area contributed by atoms with Crippen molar-refractivity contribution in [1.82, 2.24) is 0 Å². The molecule has 2 aliphatic rings. The van der Waals surface area contributed by atoms with Crippen molar-refractivity contribution >= 4 is 45.2 Å². The van der Waals surface area contributed by atoms with E-state index in [0.29, 0.717) is 18.4 Å². The lowest BCUT2D eigenvalue weighted by molar-refractivity contribution is -0.159. The lowest BCUT2D eigenvalue weighted by Crippen LogP contribution is -2.32. The van der Waals surface area contributed by atoms with E-state index in [1.807, 2.05) is 13.8 Å². The van der Waals surface area contributed by atoms with Gasteiger partial charge in [0.15, 0.2) is 6.79 Å². The molecule has 184 valence electrons. The number of carbonyl (C=O) groups is 1. The summed E-state index contributed by atoms with van der Waals surface area (Å²) in [4.78, 5) is 12.5. The van der Waals surface area contributed by atoms with Crippen LogP contribution in [0.5, 0.6) is 0 Å². The molecule has 2 bridgehead atoms. The zero-order valence-corrected chi connectivity index (χ0v) is 22.9. The van der Waals surface area contributed by atoms with Gasteiger partial charge >= 0.3 is 5.97 Å². The summed E-state index contributed by atoms with van der Waals surface area (Å²) in [6.45, 7) is 6.75. The summed E-state index contributed by atoms with van der Waals surface area (Å²) in [7, 11) is 0. The SMILES string of the molecule is CCCCCCCCCCCCSC(=S)SC(C)(C)C(=O)OCOCC1CC2C=CC1C2. The molecule has 0 aliphatic heterocycles. The van der Waals surface area contributed by atoms with Gasteiger partial charge in [-0.25, -0.2) is 0 Å². The smallest absolute Gasteiger partial charge is 0.324 e. The van der Waals surface area contributed by atoms with E-state index in [-0.39, 0.29) is 12.8 Å². The number of thiocarbonyl (C=S) groups is 1. The summed E-state index contributed by atoms with van der Waals surface area (Å²) in [5.74, 6) is 2.77. The molecule has 2 rings (SSSR count). The van der Waals surface area contributed by atoms with Crippen LogP contribution in [0.4, 0.5) is 0 Å². The van der Waals surface area contributed by atoms with Gasteiger partial charge in [0.05, 0.1) is 6.61 Å². The van der Waals surface area contributed by atoms with Crippen molar-refractivity contribution in [2.24, 2.45) is 17.8 Å². The van der Waals surface area contributed by atoms with Gasteiger partial charge < -0.3 is 9.47 Å². The van der Waals surface area contributed by atoms with E-state index in [4.69, 9.17) is 21.7 Å². The normalized spacial score (nSPS) is 21.9. The minimum absolute atomic E-state index is 0.0406. The second-order valence-corrected chi connectivity index (χ2v) is 13.8. The molecule has 32 heavy (non-hydrogen) atoms. The van der Waals surface area contributed by atoms with Crippen LogP contribution in [0.25, 0.3) is 0 Å². The highest BCUT2D eigenvalue weighted by atomic mass is 32.2. The minimum atomic E-state index is -0.680. The fourth-order valence-corrected chi connectivity index (χ4v) is 7.64. The van der Waals surface area contributed by atoms with Crippen molar-refractivity contribution in [2.75, 3.05) is 19.2 Å². The number of fused-ring (bicyclic) bond motifs is 2. The maximum atomic E-state index is 12.5. The number of allylic oxidation sites excluding steroid dienone is 2. The highest BCUT2D eigenvalue weighted by Gasteiger charge is 2.36. The summed E-state index contributed by atoms with van der Waals surface area (Å²) in [6, 6.07) is 0. The largest absolute Gasteiger partial charge is 0.437 e. The topological polar surface area (TPSA) is 35.5 Å². The monoisotopic (exact) mass is 500 g/mol. The fourth-order valence-electron chi connectivity index (χ4n) is 4.58. The van der Waals surface area contributed by atoms with Crippen LogP contribution in [0.3, 0.4) is 0 Å². The van der Waals surface area contributed by atoms with E-state index in [1.165, 1.54) is 88.8 Å². The number of hydrogen-bond donors (Lipinski definition) is 0. The Morgan fingerprint density at radius 3 is 2.25 bits per heavy atom. The number of thioether (sulfide) groups is 2. The van der Waals surface area contributed by atoms with E-state index in [0.717, 1.165) is 15.2 Å². The van der Waals surface area contributed by atoms with Crippen LogP contribution in [0, 0.1) is 17.8 Å². The molecule has 6 heteroatoms. The van der Waals surface area contributed by atoms with E-state index >= 15 is 0 Å². The third-order valence-corrected chi connectivity index (χ3v) is 9.35. The third-order valence-electron chi connectivity index (χ3n) is 6.57. The van der Waals surface area contributed by atoms with Gasteiger partial charge in [-0.1, -0.05) is 101 Å². The minimum Gasteiger partial charge on any atom is -0.437 e. The van der Waals surface area contributed by atoms with Crippen molar-refractivity contribution in [2.45, 2.75) is 103 Å². The van der Waals surface area contributed by atoms with Gasteiger partial charge in [-0.05, 0) is 56.6 Å². The first-order valence-corrected chi connectivity index (χ1v) is 14.9. The number of ether oxygens (including phenoxy) is 2. The van der Waals surface area contributed by atoms with Gasteiger partial charge in [-0.3, -0.25) is 4.79 Å². The van der Waals surface area contributed by atoms with Gasteiger partial charge in [0, 0.05) is 0 Å². The number of carbonyl (C=O) groups excluding carboxylic acids is 1. The van der Waals surface area contributed by atoms with E-state index in [9.17, 15) is 4.79 Å². The Morgan fingerprint density at radius 1 is 1.00 bits per heavy atom. The van der Waals surface area contributed by atoms with E-state index in [2.05, 4.69) is 19.1 Å². The van der Waals surface area contributed by atoms with Crippen molar-refractivity contribution in [1.29, 1.82) is 0 Å². The third kappa shape index (κ3) is 10.9. The van der Waals surface area contributed by atoms with E-state index < -0.39 is 4.75 Å². The predicted octanol–water partition coefficient (Wildman–Crippen LogP) is 8.17. The predicted molar refractivity (Wildman–Crippen MR) is 144 cm³/mol. The first kappa shape index (κ1) is 28.2. The second-order valence-electron chi connectivity index (χ2n) is 9.85. The highest BCUT2D eigenvalue weighted by molar-refractivity contribution is 8.47. The Hall–Kier alpha value is -0.0400. The Labute approximate surface area is 210 Å². The molecule has 0 heterocycles. The van der Waals surface area contributed by atoms with Crippen LogP contribution in [0.15, 0.2) is 12.2 Å². The van der Waals surface area contributed by atoms with Crippen LogP contribution >= 0.6 is 35.7 Å². The quantitative estimate of drug-likeness (QED) is 0.0659. The first-order chi connectivity index (χ1) is 15.4. The van der Waals surface area contributed by atoms with Gasteiger partial charge in [-0.15, -0.1) is 11.8 Å². The van der Waals surface area contributed by atoms with Crippen molar-refractivity contribution < 1.29 is 14.3 Å². The van der Waals surface area contributed by atoms with Gasteiger partial charge in [0.2, 0.25) is 0 Å². The van der Waals surface area contributed by atoms with Crippen LogP contribution in [-0.4, -0.2) is 33.4 Å². The molecule has 0 aromatic heterocycles. The number of rotatable bonds is 17. The molecule has 0 radical (unpaired) electrons. The molecule has 1 saturated carbocycles. The van der Waals surface area contributed by atoms with Crippen molar-refractivity contribution in [3.05, 3.63) is 12.2 Å². The maximum absolute atomic E-state index is 12.5. The molecule has 0 aromatic rings. The Kier molecular flexibility index (Phi) is 13.9. The average Bonchev–Trinajstić information content (AvgIpc) is 3.38. The Bertz CT molecular complexity index is 591. The second kappa shape index (κ2) is 15.8. The zero-order valence-electron chi connectivity index (χ0n) is 20.4. The van der Waals surface area contributed by atoms with Gasteiger partial charge in [0.25, 0.3) is 0 Å². The molecular formula is C26H44O3S3. The standard InChI is InChI=1S/C26H44O3S3/c1-4-5-6-7-8-9-10-11-12-13-16-31-25(30)32-26(2,3)24(27)29-20-28-19-23-18-21-14-15-22(23)17-21/h14-15,21-23H,4-13,16-20H2,1-3H3. The highest BCUT2D eigenvalue weighted by Crippen LogP contribution is 2.43. The van der Waals surface area contributed by atoms with E-state index in [1.54, 1.807) is 11.8 Å². The van der Waals surface area contributed by atoms with Crippen molar-refractivity contribution in [3.8, 4) is 0 Å². The molecule has 1 fully saturated rings. The average molecular weight is 501 g/mol. The molecule has 3 nitrogen and oxygen atoms in total. The summed E-state index contributed by atoms with van der Waals surface area (Å²) in [5, 5.41) is 0. The molecule has 3 atom stereocenters. The zero-order chi connectivity index (χ0) is 23.2. The summed E-state index contributed by atoms with van der Waals surface area (Å²) >= 11 is 8.65. The molecule has 2 aliphatic carbocycles. The maximum Gasteiger partial charge on any atom is 0.324 e. The first-order valence-electron chi connectivity index (χ1n) is 12.7. The summed E-state index contributed by atoms with van der Waals surface area (Å²) in [5.41, 5.74) is 0. The number of esters is 1. The molecule has 3 unspecified atom stereocenters. The van der Waals surface area contributed by atoms with Gasteiger partial charge in [0.1, 0.15) is 8.28 Å². The van der Waals surface area contributed by atoms with Crippen LogP contribution in [-0.2, 0) is 14.3 Å². The fraction of sp³-hybridized carbons (Fsp3) is 0.846. The van der Waals surface area contributed by atoms with Gasteiger partial charge in [-0.2, -0.15) is 0 Å². The lowest BCUT2D eigenvalue weighted by atomic mass is 9.95. The number of unbranched alkanes of at least 4 members (excludes halogenated alkanes) is 9. The molecular weight excluding hydrogens is 456 g/mol. The van der Waals surface area contributed by atoms with Crippen molar-refractivity contribution in [3.63, 3.8) is 0 Å². The molecule has 0 amide bonds. The van der Waals surface area contributed by atoms with Crippen LogP contribution < -0.4 is 0 Å². The molecule has 0 aromatic carbocycles. The van der Waals surface area contributed by atoms with Crippen LogP contribution in [0.1, 0.15) is 97.8 Å². The Morgan fingerprint density at radius 2 is 1.66 bits per heavy atom. The Balaban J connectivity index is 1.44.